The van der Waals surface area contributed by atoms with Crippen LogP contribution in [0, 0.1) is 0 Å². The second kappa shape index (κ2) is 5.32. The lowest BCUT2D eigenvalue weighted by molar-refractivity contribution is -0.139. The van der Waals surface area contributed by atoms with Gasteiger partial charge >= 0.3 is 5.97 Å². The van der Waals surface area contributed by atoms with Crippen LogP contribution in [0.1, 0.15) is 27.2 Å². The highest BCUT2D eigenvalue weighted by atomic mass is 16.5. The van der Waals surface area contributed by atoms with Crippen molar-refractivity contribution in [3.63, 3.8) is 0 Å². The number of anilines is 2. The summed E-state index contributed by atoms with van der Waals surface area (Å²) in [5.74, 6) is -0.818. The monoisotopic (exact) mass is 278 g/mol. The first-order valence-corrected chi connectivity index (χ1v) is 6.79. The molecule has 0 spiro atoms. The van der Waals surface area contributed by atoms with E-state index in [-0.39, 0.29) is 11.7 Å². The average Bonchev–Trinajstić information content (AvgIpc) is 2.71. The summed E-state index contributed by atoms with van der Waals surface area (Å²) in [6.07, 6.45) is 0.422. The molecular weight excluding hydrogens is 256 g/mol. The van der Waals surface area contributed by atoms with Crippen LogP contribution in [-0.2, 0) is 9.53 Å². The van der Waals surface area contributed by atoms with Gasteiger partial charge in [0.2, 0.25) is 0 Å². The summed E-state index contributed by atoms with van der Waals surface area (Å²) in [5, 5.41) is 9.39. The Balaban J connectivity index is 2.18. The molecule has 1 fully saturated rings. The molecule has 1 aliphatic heterocycles. The van der Waals surface area contributed by atoms with Crippen molar-refractivity contribution in [3.8, 4) is 0 Å². The van der Waals surface area contributed by atoms with Gasteiger partial charge in [0.05, 0.1) is 11.7 Å². The molecule has 0 aliphatic carbocycles. The quantitative estimate of drug-likeness (QED) is 0.828. The van der Waals surface area contributed by atoms with Crippen LogP contribution in [0.3, 0.4) is 0 Å². The van der Waals surface area contributed by atoms with Gasteiger partial charge in [0, 0.05) is 24.3 Å². The molecule has 0 aromatic heterocycles. The van der Waals surface area contributed by atoms with E-state index in [4.69, 9.17) is 10.5 Å². The third kappa shape index (κ3) is 3.42. The standard InChI is InChI=1S/C15H22N2O3/c1-15(2,3)20-12-8-13(14(18)19)17(9-12)11-6-4-10(16)5-7-11/h4-7,12-13H,8-9,16H2,1-3H3,(H,18,19). The van der Waals surface area contributed by atoms with E-state index >= 15 is 0 Å². The van der Waals surface area contributed by atoms with Gasteiger partial charge in [-0.15, -0.1) is 0 Å². The number of nitrogens with two attached hydrogens (primary N) is 1. The molecular formula is C15H22N2O3. The fourth-order valence-electron chi connectivity index (χ4n) is 2.57. The van der Waals surface area contributed by atoms with Gasteiger partial charge in [-0.1, -0.05) is 0 Å². The van der Waals surface area contributed by atoms with Crippen molar-refractivity contribution in [1.29, 1.82) is 0 Å². The summed E-state index contributed by atoms with van der Waals surface area (Å²) >= 11 is 0. The Morgan fingerprint density at radius 3 is 2.45 bits per heavy atom. The van der Waals surface area contributed by atoms with Gasteiger partial charge in [-0.25, -0.2) is 4.79 Å². The Morgan fingerprint density at radius 2 is 1.95 bits per heavy atom. The summed E-state index contributed by atoms with van der Waals surface area (Å²) in [7, 11) is 0. The predicted molar refractivity (Wildman–Crippen MR) is 78.9 cm³/mol. The highest BCUT2D eigenvalue weighted by Gasteiger charge is 2.39. The lowest BCUT2D eigenvalue weighted by Gasteiger charge is -2.26. The van der Waals surface area contributed by atoms with Crippen molar-refractivity contribution < 1.29 is 14.6 Å². The van der Waals surface area contributed by atoms with Crippen molar-refractivity contribution in [3.05, 3.63) is 24.3 Å². The molecule has 5 heteroatoms. The molecule has 0 bridgehead atoms. The van der Waals surface area contributed by atoms with Gasteiger partial charge < -0.3 is 20.5 Å². The average molecular weight is 278 g/mol. The lowest BCUT2D eigenvalue weighted by Crippen LogP contribution is -2.36. The molecule has 1 saturated heterocycles. The number of nitrogens with zero attached hydrogens (tertiary/aromatic N) is 1. The summed E-state index contributed by atoms with van der Waals surface area (Å²) < 4.78 is 5.92. The molecule has 1 aliphatic rings. The Hall–Kier alpha value is -1.75. The van der Waals surface area contributed by atoms with Crippen LogP contribution in [0.25, 0.3) is 0 Å². The van der Waals surface area contributed by atoms with Crippen LogP contribution in [0.4, 0.5) is 11.4 Å². The number of ether oxygens (including phenoxy) is 1. The van der Waals surface area contributed by atoms with E-state index in [0.29, 0.717) is 18.7 Å². The molecule has 1 aromatic rings. The summed E-state index contributed by atoms with van der Waals surface area (Å²) in [5.41, 5.74) is 6.93. The van der Waals surface area contributed by atoms with Crippen molar-refractivity contribution >= 4 is 17.3 Å². The predicted octanol–water partition coefficient (Wildman–Crippen LogP) is 2.12. The van der Waals surface area contributed by atoms with Crippen molar-refractivity contribution in [2.24, 2.45) is 0 Å². The number of carboxylic acid groups (broad SMARTS) is 1. The second-order valence-corrected chi connectivity index (χ2v) is 6.19. The number of carboxylic acids is 1. The van der Waals surface area contributed by atoms with E-state index in [9.17, 15) is 9.90 Å². The zero-order valence-electron chi connectivity index (χ0n) is 12.2. The molecule has 2 rings (SSSR count). The number of carbonyl (C=O) groups is 1. The van der Waals surface area contributed by atoms with Crippen LogP contribution in [-0.4, -0.2) is 35.4 Å². The molecule has 0 amide bonds. The molecule has 1 aromatic carbocycles. The highest BCUT2D eigenvalue weighted by Crippen LogP contribution is 2.30. The Labute approximate surface area is 119 Å². The molecule has 0 saturated carbocycles. The van der Waals surface area contributed by atoms with E-state index in [1.807, 2.05) is 37.8 Å². The lowest BCUT2D eigenvalue weighted by atomic mass is 10.1. The fourth-order valence-corrected chi connectivity index (χ4v) is 2.57. The molecule has 0 radical (unpaired) electrons. The molecule has 2 unspecified atom stereocenters. The molecule has 1 heterocycles. The van der Waals surface area contributed by atoms with E-state index in [1.165, 1.54) is 0 Å². The topological polar surface area (TPSA) is 75.8 Å². The van der Waals surface area contributed by atoms with Gasteiger partial charge in [-0.05, 0) is 45.0 Å². The largest absolute Gasteiger partial charge is 0.480 e. The van der Waals surface area contributed by atoms with E-state index < -0.39 is 12.0 Å². The van der Waals surface area contributed by atoms with E-state index in [0.717, 1.165) is 5.69 Å². The second-order valence-electron chi connectivity index (χ2n) is 6.19. The summed E-state index contributed by atoms with van der Waals surface area (Å²) in [4.78, 5) is 13.3. The van der Waals surface area contributed by atoms with Gasteiger partial charge in [0.25, 0.3) is 0 Å². The molecule has 5 nitrogen and oxygen atoms in total. The first-order valence-electron chi connectivity index (χ1n) is 6.79. The number of nitrogen functional groups attached to an aromatic ring is 1. The number of hydrogen-bond acceptors (Lipinski definition) is 4. The van der Waals surface area contributed by atoms with Crippen LogP contribution in [0.15, 0.2) is 24.3 Å². The zero-order valence-corrected chi connectivity index (χ0v) is 12.2. The maximum Gasteiger partial charge on any atom is 0.326 e. The molecule has 2 atom stereocenters. The van der Waals surface area contributed by atoms with Crippen molar-refractivity contribution in [2.45, 2.75) is 44.9 Å². The maximum atomic E-state index is 11.4. The Kier molecular flexibility index (Phi) is 3.90. The SMILES string of the molecule is CC(C)(C)OC1CC(C(=O)O)N(c2ccc(N)cc2)C1. The zero-order chi connectivity index (χ0) is 14.9. The highest BCUT2D eigenvalue weighted by molar-refractivity contribution is 5.79. The first kappa shape index (κ1) is 14.7. The smallest absolute Gasteiger partial charge is 0.326 e. The minimum Gasteiger partial charge on any atom is -0.480 e. The number of hydrogen-bond donors (Lipinski definition) is 2. The Morgan fingerprint density at radius 1 is 1.35 bits per heavy atom. The van der Waals surface area contributed by atoms with Crippen LogP contribution in [0.2, 0.25) is 0 Å². The number of rotatable bonds is 3. The van der Waals surface area contributed by atoms with Gasteiger partial charge in [-0.2, -0.15) is 0 Å². The summed E-state index contributed by atoms with van der Waals surface area (Å²) in [6, 6.07) is 6.72. The van der Waals surface area contributed by atoms with Crippen molar-refractivity contribution in [1.82, 2.24) is 0 Å². The van der Waals surface area contributed by atoms with E-state index in [2.05, 4.69) is 0 Å². The summed E-state index contributed by atoms with van der Waals surface area (Å²) in [6.45, 7) is 6.52. The van der Waals surface area contributed by atoms with Crippen molar-refractivity contribution in [2.75, 3.05) is 17.2 Å². The third-order valence-corrected chi connectivity index (χ3v) is 3.29. The van der Waals surface area contributed by atoms with Crippen LogP contribution < -0.4 is 10.6 Å². The maximum absolute atomic E-state index is 11.4. The normalized spacial score (nSPS) is 23.1. The van der Waals surface area contributed by atoms with Crippen LogP contribution >= 0.6 is 0 Å². The molecule has 3 N–H and O–H groups in total. The van der Waals surface area contributed by atoms with Crippen LogP contribution in [0.5, 0.6) is 0 Å². The Bertz CT molecular complexity index is 479. The number of benzene rings is 1. The van der Waals surface area contributed by atoms with E-state index in [1.54, 1.807) is 12.1 Å². The molecule has 110 valence electrons. The minimum absolute atomic E-state index is 0.0753. The third-order valence-electron chi connectivity index (χ3n) is 3.29. The number of aliphatic carboxylic acids is 1. The fraction of sp³-hybridized carbons (Fsp3) is 0.533. The molecule has 20 heavy (non-hydrogen) atoms. The first-order chi connectivity index (χ1) is 9.26. The minimum atomic E-state index is -0.818. The van der Waals surface area contributed by atoms with Gasteiger partial charge in [0.1, 0.15) is 6.04 Å². The van der Waals surface area contributed by atoms with Gasteiger partial charge in [0.15, 0.2) is 0 Å². The van der Waals surface area contributed by atoms with Gasteiger partial charge in [-0.3, -0.25) is 0 Å².